The molecule has 4 nitrogen and oxygen atoms in total. The first kappa shape index (κ1) is 14.4. The highest BCUT2D eigenvalue weighted by Gasteiger charge is 2.32. The molecule has 0 fully saturated rings. The van der Waals surface area contributed by atoms with Gasteiger partial charge in [0.1, 0.15) is 5.69 Å². The number of nitrogens with zero attached hydrogens (tertiary/aromatic N) is 2. The molecular formula is C13H14F3N3O. The molecule has 20 heavy (non-hydrogen) atoms. The number of alkyl halides is 3. The Bertz CT molecular complexity index is 683. The lowest BCUT2D eigenvalue weighted by Crippen LogP contribution is -2.17. The van der Waals surface area contributed by atoms with E-state index in [1.54, 1.807) is 17.9 Å². The first-order valence-electron chi connectivity index (χ1n) is 6.04. The summed E-state index contributed by atoms with van der Waals surface area (Å²) in [5.74, 6) is 0.0629. The summed E-state index contributed by atoms with van der Waals surface area (Å²) in [5, 5.41) is 4.24. The third-order valence-electron chi connectivity index (χ3n) is 2.91. The highest BCUT2D eigenvalue weighted by atomic mass is 19.4. The zero-order valence-corrected chi connectivity index (χ0v) is 11.2. The number of hydrogen-bond donors (Lipinski definition) is 1. The van der Waals surface area contributed by atoms with Gasteiger partial charge in [0, 0.05) is 18.8 Å². The Morgan fingerprint density at radius 1 is 1.25 bits per heavy atom. The number of aromatic nitrogens is 3. The van der Waals surface area contributed by atoms with Crippen molar-refractivity contribution < 1.29 is 13.2 Å². The average Bonchev–Trinajstić information content (AvgIpc) is 2.70. The van der Waals surface area contributed by atoms with E-state index in [1.807, 2.05) is 18.8 Å². The summed E-state index contributed by atoms with van der Waals surface area (Å²) < 4.78 is 39.1. The molecule has 0 radical (unpaired) electrons. The van der Waals surface area contributed by atoms with Crippen molar-refractivity contribution in [3.8, 4) is 11.1 Å². The zero-order valence-electron chi connectivity index (χ0n) is 11.2. The Labute approximate surface area is 113 Å². The largest absolute Gasteiger partial charge is 0.431 e. The van der Waals surface area contributed by atoms with Crippen LogP contribution >= 0.6 is 0 Å². The Hall–Kier alpha value is -2.05. The van der Waals surface area contributed by atoms with E-state index in [-0.39, 0.29) is 11.5 Å². The van der Waals surface area contributed by atoms with Gasteiger partial charge in [-0.2, -0.15) is 18.3 Å². The highest BCUT2D eigenvalue weighted by Crippen LogP contribution is 2.29. The molecule has 2 aromatic heterocycles. The van der Waals surface area contributed by atoms with Gasteiger partial charge >= 0.3 is 6.18 Å². The van der Waals surface area contributed by atoms with Crippen molar-refractivity contribution in [3.05, 3.63) is 40.1 Å². The van der Waals surface area contributed by atoms with Crippen LogP contribution in [0.25, 0.3) is 11.1 Å². The second kappa shape index (κ2) is 4.81. The molecule has 0 aliphatic heterocycles. The summed E-state index contributed by atoms with van der Waals surface area (Å²) in [5.41, 5.74) is -0.402. The molecule has 0 saturated carbocycles. The van der Waals surface area contributed by atoms with Gasteiger partial charge in [-0.15, -0.1) is 0 Å². The molecule has 0 aromatic carbocycles. The van der Waals surface area contributed by atoms with Crippen molar-refractivity contribution in [1.29, 1.82) is 0 Å². The molecule has 0 spiro atoms. The lowest BCUT2D eigenvalue weighted by molar-refractivity contribution is -0.141. The maximum atomic E-state index is 12.5. The quantitative estimate of drug-likeness (QED) is 0.922. The zero-order chi connectivity index (χ0) is 15.1. The fourth-order valence-electron chi connectivity index (χ4n) is 1.99. The topological polar surface area (TPSA) is 50.7 Å². The minimum atomic E-state index is -4.56. The Kier molecular flexibility index (Phi) is 3.45. The van der Waals surface area contributed by atoms with E-state index in [0.717, 1.165) is 6.07 Å². The third-order valence-corrected chi connectivity index (χ3v) is 2.91. The summed E-state index contributed by atoms with van der Waals surface area (Å²) in [4.78, 5) is 13.8. The molecule has 0 bridgehead atoms. The van der Waals surface area contributed by atoms with Gasteiger partial charge in [-0.3, -0.25) is 9.48 Å². The predicted molar refractivity (Wildman–Crippen MR) is 68.4 cm³/mol. The minimum Gasteiger partial charge on any atom is -0.318 e. The number of pyridine rings is 1. The van der Waals surface area contributed by atoms with Gasteiger partial charge in [0.05, 0.1) is 11.3 Å². The van der Waals surface area contributed by atoms with Gasteiger partial charge in [0.15, 0.2) is 0 Å². The maximum absolute atomic E-state index is 12.5. The molecular weight excluding hydrogens is 271 g/mol. The molecule has 2 aromatic rings. The van der Waals surface area contributed by atoms with Crippen LogP contribution in [0.15, 0.2) is 23.1 Å². The molecule has 2 rings (SSSR count). The van der Waals surface area contributed by atoms with Gasteiger partial charge in [0.25, 0.3) is 5.56 Å². The number of nitrogens with one attached hydrogen (secondary N) is 1. The van der Waals surface area contributed by atoms with Crippen LogP contribution in [-0.2, 0) is 13.2 Å². The molecule has 0 atom stereocenters. The molecule has 0 saturated heterocycles. The van der Waals surface area contributed by atoms with Gasteiger partial charge in [-0.05, 0) is 18.1 Å². The monoisotopic (exact) mass is 285 g/mol. The van der Waals surface area contributed by atoms with E-state index in [0.29, 0.717) is 11.3 Å². The summed E-state index contributed by atoms with van der Waals surface area (Å²) in [6.45, 7) is 3.81. The molecule has 7 heteroatoms. The number of rotatable bonds is 2. The fourth-order valence-corrected chi connectivity index (χ4v) is 1.99. The fraction of sp³-hybridized carbons (Fsp3) is 0.385. The molecule has 2 heterocycles. The summed E-state index contributed by atoms with van der Waals surface area (Å²) in [6, 6.07) is 2.05. The van der Waals surface area contributed by atoms with Crippen molar-refractivity contribution in [2.24, 2.45) is 7.05 Å². The van der Waals surface area contributed by atoms with E-state index in [4.69, 9.17) is 0 Å². The number of hydrogen-bond acceptors (Lipinski definition) is 2. The summed E-state index contributed by atoms with van der Waals surface area (Å²) in [6.07, 6.45) is -2.93. The van der Waals surface area contributed by atoms with Crippen LogP contribution in [0.4, 0.5) is 13.2 Å². The standard InChI is InChI=1S/C13H14F3N3O/c1-7(2)11-9(6-19(3)18-11)8-4-5-10(13(14,15)16)17-12(8)20/h4-7H,1-3H3,(H,17,20). The third kappa shape index (κ3) is 2.61. The lowest BCUT2D eigenvalue weighted by Gasteiger charge is -2.08. The van der Waals surface area contributed by atoms with Gasteiger partial charge < -0.3 is 4.98 Å². The number of aromatic amines is 1. The summed E-state index contributed by atoms with van der Waals surface area (Å²) >= 11 is 0. The smallest absolute Gasteiger partial charge is 0.318 e. The van der Waals surface area contributed by atoms with E-state index >= 15 is 0 Å². The van der Waals surface area contributed by atoms with Gasteiger partial charge in [-0.1, -0.05) is 13.8 Å². The van der Waals surface area contributed by atoms with Crippen molar-refractivity contribution in [2.75, 3.05) is 0 Å². The molecule has 0 unspecified atom stereocenters. The second-order valence-electron chi connectivity index (χ2n) is 4.87. The van der Waals surface area contributed by atoms with Crippen molar-refractivity contribution >= 4 is 0 Å². The van der Waals surface area contributed by atoms with Crippen molar-refractivity contribution in [3.63, 3.8) is 0 Å². The van der Waals surface area contributed by atoms with Crippen molar-refractivity contribution in [2.45, 2.75) is 25.9 Å². The van der Waals surface area contributed by atoms with Crippen LogP contribution in [0.3, 0.4) is 0 Å². The van der Waals surface area contributed by atoms with Crippen LogP contribution in [0.5, 0.6) is 0 Å². The van der Waals surface area contributed by atoms with Crippen LogP contribution in [0, 0.1) is 0 Å². The van der Waals surface area contributed by atoms with Crippen molar-refractivity contribution in [1.82, 2.24) is 14.8 Å². The first-order chi connectivity index (χ1) is 9.20. The molecule has 0 aliphatic carbocycles. The number of halogens is 3. The van der Waals surface area contributed by atoms with E-state index in [2.05, 4.69) is 5.10 Å². The van der Waals surface area contributed by atoms with E-state index < -0.39 is 17.4 Å². The van der Waals surface area contributed by atoms with Gasteiger partial charge in [0.2, 0.25) is 0 Å². The maximum Gasteiger partial charge on any atom is 0.431 e. The van der Waals surface area contributed by atoms with Crippen LogP contribution in [-0.4, -0.2) is 14.8 Å². The molecule has 108 valence electrons. The highest BCUT2D eigenvalue weighted by molar-refractivity contribution is 5.65. The summed E-state index contributed by atoms with van der Waals surface area (Å²) in [7, 11) is 1.70. The average molecular weight is 285 g/mol. The first-order valence-corrected chi connectivity index (χ1v) is 6.04. The Morgan fingerprint density at radius 2 is 1.90 bits per heavy atom. The molecule has 0 aliphatic rings. The minimum absolute atomic E-state index is 0.0629. The number of aryl methyl sites for hydroxylation is 1. The predicted octanol–water partition coefficient (Wildman–Crippen LogP) is 2.92. The SMILES string of the molecule is CC(C)c1nn(C)cc1-c1ccc(C(F)(F)F)[nH]c1=O. The Balaban J connectivity index is 2.58. The molecule has 0 amide bonds. The number of H-pyrrole nitrogens is 1. The van der Waals surface area contributed by atoms with E-state index in [9.17, 15) is 18.0 Å². The second-order valence-corrected chi connectivity index (χ2v) is 4.87. The lowest BCUT2D eigenvalue weighted by atomic mass is 10.0. The van der Waals surface area contributed by atoms with Crippen LogP contribution in [0.2, 0.25) is 0 Å². The Morgan fingerprint density at radius 3 is 2.40 bits per heavy atom. The normalized spacial score (nSPS) is 12.2. The van der Waals surface area contributed by atoms with Crippen LogP contribution < -0.4 is 5.56 Å². The van der Waals surface area contributed by atoms with Gasteiger partial charge in [-0.25, -0.2) is 0 Å². The van der Waals surface area contributed by atoms with E-state index in [1.165, 1.54) is 6.07 Å². The molecule has 1 N–H and O–H groups in total. The van der Waals surface area contributed by atoms with Crippen LogP contribution in [0.1, 0.15) is 31.2 Å².